The zero-order chi connectivity index (χ0) is 31.6. The Labute approximate surface area is 273 Å². The molecule has 2 aromatic heterocycles. The first-order chi connectivity index (χ1) is 22.4. The van der Waals surface area contributed by atoms with Crippen LogP contribution in [-0.4, -0.2) is 76.3 Å². The summed E-state index contributed by atoms with van der Waals surface area (Å²) in [5, 5.41) is 2.64. The number of hydrogen-bond donors (Lipinski definition) is 0. The molecule has 0 atom stereocenters. The van der Waals surface area contributed by atoms with E-state index in [2.05, 4.69) is 166 Å². The monoisotopic (exact) mass is 610 g/mol. The summed E-state index contributed by atoms with van der Waals surface area (Å²) in [5.74, 6) is 0. The number of benzene rings is 3. The van der Waals surface area contributed by atoms with Crippen LogP contribution in [0.1, 0.15) is 22.5 Å². The maximum absolute atomic E-state index is 2.55. The molecule has 7 rings (SSSR count). The molecule has 0 bridgehead atoms. The highest BCUT2D eigenvalue weighted by Crippen LogP contribution is 2.29. The highest BCUT2D eigenvalue weighted by molar-refractivity contribution is 5.92. The van der Waals surface area contributed by atoms with E-state index in [1.54, 1.807) is 0 Å². The Bertz CT molecular complexity index is 1770. The van der Waals surface area contributed by atoms with Gasteiger partial charge in [0.1, 0.15) is 14.1 Å². The van der Waals surface area contributed by atoms with E-state index in [1.165, 1.54) is 55.7 Å². The average molecular weight is 611 g/mol. The van der Waals surface area contributed by atoms with Crippen molar-refractivity contribution in [3.63, 3.8) is 0 Å². The van der Waals surface area contributed by atoms with Gasteiger partial charge in [0.15, 0.2) is 0 Å². The molecule has 5 aromatic rings. The van der Waals surface area contributed by atoms with Gasteiger partial charge in [-0.05, 0) is 49.5 Å². The fraction of sp³-hybridized carbons (Fsp3) is 0.300. The van der Waals surface area contributed by atoms with Crippen LogP contribution in [0.25, 0.3) is 46.1 Å². The summed E-state index contributed by atoms with van der Waals surface area (Å²) in [7, 11) is 8.77. The van der Waals surface area contributed by atoms with Crippen LogP contribution in [0.3, 0.4) is 0 Å². The molecule has 0 aliphatic carbocycles. The number of aryl methyl sites for hydroxylation is 2. The minimum Gasteiger partial charge on any atom is -0.368 e. The molecule has 0 unspecified atom stereocenters. The number of likely N-dealkylation sites (N-methyl/N-ethyl adjacent to an activating group) is 2. The molecule has 46 heavy (non-hydrogen) atoms. The van der Waals surface area contributed by atoms with Gasteiger partial charge >= 0.3 is 0 Å². The van der Waals surface area contributed by atoms with Crippen LogP contribution < -0.4 is 18.9 Å². The zero-order valence-electron chi connectivity index (χ0n) is 27.7. The largest absolute Gasteiger partial charge is 0.368 e. The van der Waals surface area contributed by atoms with Crippen molar-refractivity contribution in [2.24, 2.45) is 14.1 Å². The first-order valence-corrected chi connectivity index (χ1v) is 16.6. The predicted molar refractivity (Wildman–Crippen MR) is 194 cm³/mol. The average Bonchev–Trinajstić information content (AvgIpc) is 3.09. The molecule has 2 aliphatic rings. The van der Waals surface area contributed by atoms with E-state index in [0.29, 0.717) is 0 Å². The van der Waals surface area contributed by atoms with Crippen molar-refractivity contribution in [1.82, 2.24) is 9.80 Å². The van der Waals surface area contributed by atoms with E-state index >= 15 is 0 Å². The topological polar surface area (TPSA) is 20.7 Å². The Morgan fingerprint density at radius 3 is 1.24 bits per heavy atom. The van der Waals surface area contributed by atoms with Crippen LogP contribution in [0.15, 0.2) is 84.9 Å². The molecule has 0 N–H and O–H groups in total. The van der Waals surface area contributed by atoms with Gasteiger partial charge in [0, 0.05) is 88.8 Å². The lowest BCUT2D eigenvalue weighted by Crippen LogP contribution is -2.45. The highest BCUT2D eigenvalue weighted by atomic mass is 15.3. The van der Waals surface area contributed by atoms with Crippen LogP contribution in [0, 0.1) is 0 Å². The van der Waals surface area contributed by atoms with E-state index in [0.717, 1.165) is 52.4 Å². The van der Waals surface area contributed by atoms with Crippen molar-refractivity contribution < 1.29 is 9.13 Å². The molecule has 2 fully saturated rings. The third-order valence-electron chi connectivity index (χ3n) is 9.94. The number of fused-ring (bicyclic) bond motifs is 2. The lowest BCUT2D eigenvalue weighted by atomic mass is 10.1. The van der Waals surface area contributed by atoms with Crippen molar-refractivity contribution in [3.05, 3.63) is 107 Å². The van der Waals surface area contributed by atoms with Gasteiger partial charge in [-0.1, -0.05) is 48.5 Å². The van der Waals surface area contributed by atoms with Crippen molar-refractivity contribution in [3.8, 4) is 0 Å². The summed E-state index contributed by atoms with van der Waals surface area (Å²) in [5.41, 5.74) is 9.99. The van der Waals surface area contributed by atoms with Gasteiger partial charge < -0.3 is 19.6 Å². The molecule has 0 saturated carbocycles. The summed E-state index contributed by atoms with van der Waals surface area (Å²) < 4.78 is 4.62. The first kappa shape index (κ1) is 30.2. The summed E-state index contributed by atoms with van der Waals surface area (Å²) in [6.45, 7) is 8.61. The van der Waals surface area contributed by atoms with E-state index in [4.69, 9.17) is 0 Å². The molecule has 3 aromatic carbocycles. The second kappa shape index (κ2) is 13.1. The molecule has 2 aliphatic heterocycles. The van der Waals surface area contributed by atoms with Crippen LogP contribution in [0.5, 0.6) is 0 Å². The number of para-hydroxylation sites is 2. The molecule has 6 heteroatoms. The Morgan fingerprint density at radius 2 is 0.848 bits per heavy atom. The number of rotatable bonds is 6. The maximum Gasteiger partial charge on any atom is 0.214 e. The standard InChI is InChI=1S/C40H46N6/c1-41-21-25-45(26-22-41)39-29-33(43(3)37-11-7-5-9-35(37)39)19-17-31-13-15-32(16-14-31)18-20-34-30-40(46-27-23-42(2)24-28-46)36-10-6-8-12-38(36)44(34)4/h5-20,29-30H,21-28H2,1-4H3/q+2/b19-17+,20-18+. The second-order valence-electron chi connectivity index (χ2n) is 13.0. The summed E-state index contributed by atoms with van der Waals surface area (Å²) >= 11 is 0. The molecule has 2 saturated heterocycles. The van der Waals surface area contributed by atoms with Crippen molar-refractivity contribution in [2.75, 3.05) is 76.3 Å². The van der Waals surface area contributed by atoms with Crippen molar-refractivity contribution in [2.45, 2.75) is 0 Å². The van der Waals surface area contributed by atoms with E-state index in [9.17, 15) is 0 Å². The zero-order valence-corrected chi connectivity index (χ0v) is 27.7. The van der Waals surface area contributed by atoms with E-state index in [1.807, 2.05) is 0 Å². The van der Waals surface area contributed by atoms with Gasteiger partial charge in [-0.2, -0.15) is 9.13 Å². The quantitative estimate of drug-likeness (QED) is 0.237. The predicted octanol–water partition coefficient (Wildman–Crippen LogP) is 5.49. The lowest BCUT2D eigenvalue weighted by molar-refractivity contribution is -0.646. The SMILES string of the molecule is CN1CCN(c2cc(/C=C/c3ccc(/C=C/c4cc(N5CCN(C)CC5)c5ccccc5[n+]4C)cc3)[n+](C)c3ccccc23)CC1. The number of pyridine rings is 2. The molecule has 4 heterocycles. The second-order valence-corrected chi connectivity index (χ2v) is 13.0. The van der Waals surface area contributed by atoms with Gasteiger partial charge in [-0.25, -0.2) is 0 Å². The number of hydrogen-bond acceptors (Lipinski definition) is 4. The molecular weight excluding hydrogens is 564 g/mol. The van der Waals surface area contributed by atoms with E-state index < -0.39 is 0 Å². The molecule has 0 radical (unpaired) electrons. The summed E-state index contributed by atoms with van der Waals surface area (Å²) in [6.07, 6.45) is 8.98. The molecular formula is C40H46N6+2. The summed E-state index contributed by atoms with van der Waals surface area (Å²) in [4.78, 5) is 9.92. The van der Waals surface area contributed by atoms with Crippen LogP contribution in [-0.2, 0) is 14.1 Å². The third kappa shape index (κ3) is 6.15. The van der Waals surface area contributed by atoms with Crippen LogP contribution in [0.2, 0.25) is 0 Å². The minimum absolute atomic E-state index is 1.06. The Kier molecular flexibility index (Phi) is 8.57. The highest BCUT2D eigenvalue weighted by Gasteiger charge is 2.23. The molecule has 0 spiro atoms. The van der Waals surface area contributed by atoms with Gasteiger partial charge in [0.2, 0.25) is 22.4 Å². The molecule has 234 valence electrons. The third-order valence-corrected chi connectivity index (χ3v) is 9.94. The Balaban J connectivity index is 1.13. The smallest absolute Gasteiger partial charge is 0.214 e. The summed E-state index contributed by atoms with van der Waals surface area (Å²) in [6, 6.07) is 31.2. The number of aromatic nitrogens is 2. The molecule has 6 nitrogen and oxygen atoms in total. The Hall–Kier alpha value is -4.52. The van der Waals surface area contributed by atoms with Crippen LogP contribution >= 0.6 is 0 Å². The number of nitrogens with zero attached hydrogens (tertiary/aromatic N) is 6. The van der Waals surface area contributed by atoms with Gasteiger partial charge in [0.05, 0.1) is 22.1 Å². The fourth-order valence-corrected chi connectivity index (χ4v) is 6.89. The number of piperazine rings is 2. The van der Waals surface area contributed by atoms with Crippen molar-refractivity contribution >= 4 is 57.5 Å². The van der Waals surface area contributed by atoms with Gasteiger partial charge in [-0.15, -0.1) is 0 Å². The van der Waals surface area contributed by atoms with Crippen LogP contribution in [0.4, 0.5) is 11.4 Å². The van der Waals surface area contributed by atoms with Gasteiger partial charge in [0.25, 0.3) is 0 Å². The maximum atomic E-state index is 2.55. The van der Waals surface area contributed by atoms with E-state index in [-0.39, 0.29) is 0 Å². The fourth-order valence-electron chi connectivity index (χ4n) is 6.89. The van der Waals surface area contributed by atoms with Gasteiger partial charge in [-0.3, -0.25) is 0 Å². The lowest BCUT2D eigenvalue weighted by Gasteiger charge is -2.34. The normalized spacial score (nSPS) is 16.9. The molecule has 0 amide bonds. The van der Waals surface area contributed by atoms with Crippen molar-refractivity contribution in [1.29, 1.82) is 0 Å². The Morgan fingerprint density at radius 1 is 0.478 bits per heavy atom. The number of anilines is 2. The minimum atomic E-state index is 1.06. The first-order valence-electron chi connectivity index (χ1n) is 16.6.